The van der Waals surface area contributed by atoms with Gasteiger partial charge >= 0.3 is 0 Å². The van der Waals surface area contributed by atoms with E-state index in [1.54, 1.807) is 6.07 Å². The Morgan fingerprint density at radius 2 is 2.21 bits per heavy atom. The Bertz CT molecular complexity index is 532. The van der Waals surface area contributed by atoms with Gasteiger partial charge in [0.05, 0.1) is 12.7 Å². The summed E-state index contributed by atoms with van der Waals surface area (Å²) in [5.74, 6) is 0. The first-order valence-corrected chi connectivity index (χ1v) is 8.52. The van der Waals surface area contributed by atoms with Crippen molar-refractivity contribution in [1.82, 2.24) is 4.31 Å². The Labute approximate surface area is 118 Å². The molecule has 0 bridgehead atoms. The van der Waals surface area contributed by atoms with Crippen molar-refractivity contribution < 1.29 is 13.2 Å². The molecule has 1 aliphatic heterocycles. The van der Waals surface area contributed by atoms with Crippen LogP contribution in [0.2, 0.25) is 0 Å². The highest BCUT2D eigenvalue weighted by molar-refractivity contribution is 7.91. The Kier molecular flexibility index (Phi) is 4.32. The average molecular weight is 304 g/mol. The summed E-state index contributed by atoms with van der Waals surface area (Å²) >= 11 is 1.32. The van der Waals surface area contributed by atoms with Gasteiger partial charge in [-0.1, -0.05) is 0 Å². The fraction of sp³-hybridized carbons (Fsp3) is 0.667. The predicted molar refractivity (Wildman–Crippen MR) is 75.9 cm³/mol. The summed E-state index contributed by atoms with van der Waals surface area (Å²) in [4.78, 5) is 1.04. The molecule has 0 radical (unpaired) electrons. The zero-order chi connectivity index (χ0) is 14.2. The van der Waals surface area contributed by atoms with Crippen molar-refractivity contribution in [1.29, 1.82) is 0 Å². The highest BCUT2D eigenvalue weighted by atomic mass is 32.2. The number of thiophene rings is 1. The van der Waals surface area contributed by atoms with E-state index in [4.69, 9.17) is 10.5 Å². The van der Waals surface area contributed by atoms with Gasteiger partial charge < -0.3 is 10.5 Å². The maximum Gasteiger partial charge on any atom is 0.252 e. The quantitative estimate of drug-likeness (QED) is 0.907. The first-order chi connectivity index (χ1) is 8.82. The normalized spacial score (nSPS) is 23.5. The van der Waals surface area contributed by atoms with Crippen molar-refractivity contribution in [2.45, 2.75) is 37.1 Å². The van der Waals surface area contributed by atoms with E-state index in [1.165, 1.54) is 15.6 Å². The molecule has 0 unspecified atom stereocenters. The van der Waals surface area contributed by atoms with Crippen LogP contribution in [-0.2, 0) is 14.8 Å². The van der Waals surface area contributed by atoms with Crippen LogP contribution in [0.25, 0.3) is 0 Å². The van der Waals surface area contributed by atoms with Gasteiger partial charge in [0.25, 0.3) is 10.0 Å². The molecule has 2 atom stereocenters. The molecule has 0 aliphatic carbocycles. The second-order valence-electron chi connectivity index (χ2n) is 4.94. The van der Waals surface area contributed by atoms with Gasteiger partial charge in [-0.2, -0.15) is 4.31 Å². The summed E-state index contributed by atoms with van der Waals surface area (Å²) in [6.07, 6.45) is -0.231. The number of aryl methyl sites for hydroxylation is 2. The van der Waals surface area contributed by atoms with Gasteiger partial charge in [0, 0.05) is 24.0 Å². The van der Waals surface area contributed by atoms with Gasteiger partial charge in [0.15, 0.2) is 0 Å². The van der Waals surface area contributed by atoms with Crippen molar-refractivity contribution >= 4 is 21.4 Å². The highest BCUT2D eigenvalue weighted by Gasteiger charge is 2.33. The van der Waals surface area contributed by atoms with Crippen LogP contribution in [0.3, 0.4) is 0 Å². The van der Waals surface area contributed by atoms with Crippen molar-refractivity contribution in [3.63, 3.8) is 0 Å². The van der Waals surface area contributed by atoms with Gasteiger partial charge in [-0.3, -0.25) is 0 Å². The molecule has 0 amide bonds. The molecule has 2 heterocycles. The lowest BCUT2D eigenvalue weighted by molar-refractivity contribution is -0.0119. The first kappa shape index (κ1) is 14.9. The lowest BCUT2D eigenvalue weighted by atomic mass is 10.2. The monoisotopic (exact) mass is 304 g/mol. The maximum absolute atomic E-state index is 12.6. The molecular formula is C12H20N2O3S2. The smallest absolute Gasteiger partial charge is 0.252 e. The van der Waals surface area contributed by atoms with Crippen LogP contribution in [0.4, 0.5) is 0 Å². The lowest BCUT2D eigenvalue weighted by Crippen LogP contribution is -2.51. The second kappa shape index (κ2) is 5.49. The molecule has 1 aliphatic rings. The van der Waals surface area contributed by atoms with Crippen LogP contribution in [0.1, 0.15) is 17.4 Å². The molecule has 0 aromatic carbocycles. The summed E-state index contributed by atoms with van der Waals surface area (Å²) in [6, 6.07) is 1.57. The van der Waals surface area contributed by atoms with Crippen molar-refractivity contribution in [2.75, 3.05) is 19.7 Å². The van der Waals surface area contributed by atoms with E-state index < -0.39 is 10.0 Å². The number of nitrogens with two attached hydrogens (primary N) is 1. The number of rotatable bonds is 3. The minimum atomic E-state index is -3.41. The lowest BCUT2D eigenvalue weighted by Gasteiger charge is -2.33. The molecule has 19 heavy (non-hydrogen) atoms. The standard InChI is InChI=1S/C12H20N2O3S2/c1-8-6-12(18-10(8)3)19(15,16)14-4-5-17-11(7-14)9(2)13/h6,9,11H,4-5,7,13H2,1-3H3/t9-,11-/m1/s1. The van der Waals surface area contributed by atoms with E-state index in [2.05, 4.69) is 0 Å². The zero-order valence-electron chi connectivity index (χ0n) is 11.4. The molecule has 0 saturated carbocycles. The van der Waals surface area contributed by atoms with Gasteiger partial charge in [-0.15, -0.1) is 11.3 Å². The number of morpholine rings is 1. The molecule has 1 fully saturated rings. The SMILES string of the molecule is Cc1cc(S(=O)(=O)N2CCO[C@@H]([C@@H](C)N)C2)sc1C. The van der Waals surface area contributed by atoms with E-state index in [0.29, 0.717) is 23.9 Å². The molecule has 2 rings (SSSR count). The van der Waals surface area contributed by atoms with E-state index >= 15 is 0 Å². The maximum atomic E-state index is 12.6. The van der Waals surface area contributed by atoms with Crippen LogP contribution in [0.15, 0.2) is 10.3 Å². The Morgan fingerprint density at radius 3 is 2.74 bits per heavy atom. The van der Waals surface area contributed by atoms with Gasteiger partial charge in [-0.25, -0.2) is 8.42 Å². The molecule has 7 heteroatoms. The van der Waals surface area contributed by atoms with Crippen LogP contribution < -0.4 is 5.73 Å². The Morgan fingerprint density at radius 1 is 1.53 bits per heavy atom. The van der Waals surface area contributed by atoms with Gasteiger partial charge in [0.2, 0.25) is 0 Å². The number of sulfonamides is 1. The summed E-state index contributed by atoms with van der Waals surface area (Å²) in [7, 11) is -3.41. The minimum absolute atomic E-state index is 0.176. The molecule has 5 nitrogen and oxygen atoms in total. The number of nitrogens with zero attached hydrogens (tertiary/aromatic N) is 1. The topological polar surface area (TPSA) is 72.6 Å². The fourth-order valence-electron chi connectivity index (χ4n) is 1.98. The van der Waals surface area contributed by atoms with Crippen molar-refractivity contribution in [3.8, 4) is 0 Å². The molecule has 2 N–H and O–H groups in total. The van der Waals surface area contributed by atoms with E-state index in [0.717, 1.165) is 10.4 Å². The van der Waals surface area contributed by atoms with E-state index in [1.807, 2.05) is 20.8 Å². The van der Waals surface area contributed by atoms with E-state index in [9.17, 15) is 8.42 Å². The summed E-state index contributed by atoms with van der Waals surface area (Å²) in [5, 5.41) is 0. The zero-order valence-corrected chi connectivity index (χ0v) is 13.1. The Hall–Kier alpha value is -0.470. The predicted octanol–water partition coefficient (Wildman–Crippen LogP) is 1.10. The summed E-state index contributed by atoms with van der Waals surface area (Å²) in [5.41, 5.74) is 6.81. The average Bonchev–Trinajstić information content (AvgIpc) is 2.70. The van der Waals surface area contributed by atoms with Crippen LogP contribution in [0.5, 0.6) is 0 Å². The van der Waals surface area contributed by atoms with E-state index in [-0.39, 0.29) is 12.1 Å². The van der Waals surface area contributed by atoms with Gasteiger partial charge in [-0.05, 0) is 32.4 Å². The largest absolute Gasteiger partial charge is 0.374 e. The second-order valence-corrected chi connectivity index (χ2v) is 8.36. The third kappa shape index (κ3) is 3.00. The van der Waals surface area contributed by atoms with Crippen molar-refractivity contribution in [2.24, 2.45) is 5.73 Å². The van der Waals surface area contributed by atoms with Gasteiger partial charge in [0.1, 0.15) is 4.21 Å². The molecule has 1 aromatic rings. The van der Waals surface area contributed by atoms with Crippen LogP contribution in [0, 0.1) is 13.8 Å². The molecule has 108 valence electrons. The molecule has 1 saturated heterocycles. The Balaban J connectivity index is 2.24. The molecule has 0 spiro atoms. The number of hydrogen-bond donors (Lipinski definition) is 1. The third-order valence-corrected chi connectivity index (χ3v) is 6.85. The summed E-state index contributed by atoms with van der Waals surface area (Å²) in [6.45, 7) is 6.81. The molecule has 1 aromatic heterocycles. The highest BCUT2D eigenvalue weighted by Crippen LogP contribution is 2.28. The summed E-state index contributed by atoms with van der Waals surface area (Å²) < 4.78 is 32.5. The minimum Gasteiger partial charge on any atom is -0.374 e. The van der Waals surface area contributed by atoms with Crippen LogP contribution in [-0.4, -0.2) is 44.6 Å². The van der Waals surface area contributed by atoms with Crippen LogP contribution >= 0.6 is 11.3 Å². The molecular weight excluding hydrogens is 284 g/mol. The number of ether oxygens (including phenoxy) is 1. The fourth-order valence-corrected chi connectivity index (χ4v) is 5.09. The first-order valence-electron chi connectivity index (χ1n) is 6.26. The third-order valence-electron chi connectivity index (χ3n) is 3.38. The number of hydrogen-bond acceptors (Lipinski definition) is 5. The van der Waals surface area contributed by atoms with Crippen molar-refractivity contribution in [3.05, 3.63) is 16.5 Å².